The Kier molecular flexibility index (Phi) is 6.50. The molecule has 0 bridgehead atoms. The predicted octanol–water partition coefficient (Wildman–Crippen LogP) is 5.14. The van der Waals surface area contributed by atoms with E-state index in [1.54, 1.807) is 24.4 Å². The maximum Gasteiger partial charge on any atom is 0.281 e. The van der Waals surface area contributed by atoms with Crippen molar-refractivity contribution in [1.29, 1.82) is 0 Å². The van der Waals surface area contributed by atoms with E-state index in [-0.39, 0.29) is 11.4 Å². The van der Waals surface area contributed by atoms with Gasteiger partial charge < -0.3 is 14.2 Å². The SMILES string of the molecule is COc1cc(C(=O)N(/N=C/c2ccccc2)c2nc3ccc(F)cc3s2)cc(OC)c1OC. The second-order valence-electron chi connectivity index (χ2n) is 6.79. The van der Waals surface area contributed by atoms with Gasteiger partial charge in [-0.05, 0) is 35.9 Å². The number of aromatic nitrogens is 1. The molecule has 0 saturated carbocycles. The molecule has 0 aliphatic rings. The summed E-state index contributed by atoms with van der Waals surface area (Å²) < 4.78 is 30.4. The molecule has 33 heavy (non-hydrogen) atoms. The van der Waals surface area contributed by atoms with E-state index in [0.29, 0.717) is 32.6 Å². The number of benzene rings is 3. The van der Waals surface area contributed by atoms with Gasteiger partial charge in [0.2, 0.25) is 10.9 Å². The smallest absolute Gasteiger partial charge is 0.281 e. The standard InChI is InChI=1S/C24H20FN3O4S/c1-30-19-11-16(12-20(31-2)22(19)32-3)23(29)28(26-14-15-7-5-4-6-8-15)24-27-18-10-9-17(25)13-21(18)33-24/h4-14H,1-3H3/b26-14+. The number of amides is 1. The Balaban J connectivity index is 1.81. The first kappa shape index (κ1) is 22.2. The summed E-state index contributed by atoms with van der Waals surface area (Å²) in [6.45, 7) is 0. The number of carbonyl (C=O) groups is 1. The molecule has 1 amide bonds. The molecule has 0 radical (unpaired) electrons. The molecular weight excluding hydrogens is 445 g/mol. The number of rotatable bonds is 7. The van der Waals surface area contributed by atoms with Crippen LogP contribution in [0.3, 0.4) is 0 Å². The van der Waals surface area contributed by atoms with Gasteiger partial charge in [-0.2, -0.15) is 10.1 Å². The molecule has 0 aliphatic heterocycles. The first-order valence-corrected chi connectivity index (χ1v) is 10.6. The highest BCUT2D eigenvalue weighted by Crippen LogP contribution is 2.39. The second-order valence-corrected chi connectivity index (χ2v) is 7.80. The Labute approximate surface area is 193 Å². The predicted molar refractivity (Wildman–Crippen MR) is 127 cm³/mol. The molecule has 1 heterocycles. The van der Waals surface area contributed by atoms with Crippen molar-refractivity contribution in [3.63, 3.8) is 0 Å². The van der Waals surface area contributed by atoms with Gasteiger partial charge in [-0.25, -0.2) is 9.37 Å². The van der Waals surface area contributed by atoms with E-state index in [0.717, 1.165) is 16.9 Å². The van der Waals surface area contributed by atoms with Crippen LogP contribution in [-0.4, -0.2) is 38.4 Å². The van der Waals surface area contributed by atoms with E-state index < -0.39 is 5.91 Å². The Morgan fingerprint density at radius 2 is 1.70 bits per heavy atom. The molecule has 0 N–H and O–H groups in total. The van der Waals surface area contributed by atoms with Crippen LogP contribution in [0.5, 0.6) is 17.2 Å². The van der Waals surface area contributed by atoms with Gasteiger partial charge in [-0.1, -0.05) is 41.7 Å². The largest absolute Gasteiger partial charge is 0.493 e. The highest BCUT2D eigenvalue weighted by atomic mass is 32.1. The average Bonchev–Trinajstić information content (AvgIpc) is 3.26. The summed E-state index contributed by atoms with van der Waals surface area (Å²) in [4.78, 5) is 18.1. The van der Waals surface area contributed by atoms with E-state index >= 15 is 0 Å². The zero-order valence-corrected chi connectivity index (χ0v) is 18.9. The molecule has 168 valence electrons. The monoisotopic (exact) mass is 465 g/mol. The third-order valence-electron chi connectivity index (χ3n) is 4.75. The topological polar surface area (TPSA) is 73.2 Å². The minimum atomic E-state index is -0.471. The summed E-state index contributed by atoms with van der Waals surface area (Å²) in [7, 11) is 4.43. The number of hydrazone groups is 1. The lowest BCUT2D eigenvalue weighted by Crippen LogP contribution is -2.25. The summed E-state index contributed by atoms with van der Waals surface area (Å²) >= 11 is 1.16. The van der Waals surface area contributed by atoms with Crippen molar-refractivity contribution >= 4 is 38.8 Å². The lowest BCUT2D eigenvalue weighted by Gasteiger charge is -2.17. The molecular formula is C24H20FN3O4S. The molecule has 7 nitrogen and oxygen atoms in total. The van der Waals surface area contributed by atoms with Crippen molar-refractivity contribution in [3.05, 3.63) is 77.6 Å². The number of ether oxygens (including phenoxy) is 3. The Morgan fingerprint density at radius 3 is 2.33 bits per heavy atom. The van der Waals surface area contributed by atoms with Crippen LogP contribution in [0.15, 0.2) is 65.8 Å². The number of thiazole rings is 1. The van der Waals surface area contributed by atoms with Crippen LogP contribution in [-0.2, 0) is 0 Å². The van der Waals surface area contributed by atoms with Crippen molar-refractivity contribution in [3.8, 4) is 17.2 Å². The molecule has 0 aliphatic carbocycles. The van der Waals surface area contributed by atoms with Crippen LogP contribution < -0.4 is 19.2 Å². The molecule has 0 saturated heterocycles. The summed E-state index contributed by atoms with van der Waals surface area (Å²) in [6.07, 6.45) is 1.56. The molecule has 3 aromatic carbocycles. The fourth-order valence-electron chi connectivity index (χ4n) is 3.16. The Morgan fingerprint density at radius 1 is 1.00 bits per heavy atom. The van der Waals surface area contributed by atoms with Crippen LogP contribution in [0, 0.1) is 5.82 Å². The number of nitrogens with zero attached hydrogens (tertiary/aromatic N) is 3. The van der Waals surface area contributed by atoms with Gasteiger partial charge in [0, 0.05) is 5.56 Å². The van der Waals surface area contributed by atoms with Gasteiger partial charge in [0.05, 0.1) is 37.8 Å². The fourth-order valence-corrected chi connectivity index (χ4v) is 4.10. The second kappa shape index (κ2) is 9.66. The quantitative estimate of drug-likeness (QED) is 0.279. The zero-order valence-electron chi connectivity index (χ0n) is 18.1. The molecule has 0 fully saturated rings. The first-order chi connectivity index (χ1) is 16.0. The number of carbonyl (C=O) groups excluding carboxylic acids is 1. The minimum Gasteiger partial charge on any atom is -0.493 e. The van der Waals surface area contributed by atoms with Crippen molar-refractivity contribution in [2.45, 2.75) is 0 Å². The van der Waals surface area contributed by atoms with Crippen LogP contribution in [0.2, 0.25) is 0 Å². The lowest BCUT2D eigenvalue weighted by molar-refractivity contribution is 0.0987. The third-order valence-corrected chi connectivity index (χ3v) is 5.74. The van der Waals surface area contributed by atoms with E-state index in [9.17, 15) is 9.18 Å². The number of fused-ring (bicyclic) bond motifs is 1. The van der Waals surface area contributed by atoms with Crippen LogP contribution in [0.25, 0.3) is 10.2 Å². The van der Waals surface area contributed by atoms with Crippen molar-refractivity contribution in [2.75, 3.05) is 26.3 Å². The highest BCUT2D eigenvalue weighted by Gasteiger charge is 2.24. The minimum absolute atomic E-state index is 0.250. The molecule has 1 aromatic heterocycles. The van der Waals surface area contributed by atoms with E-state index in [1.807, 2.05) is 30.3 Å². The van der Waals surface area contributed by atoms with E-state index in [4.69, 9.17) is 14.2 Å². The van der Waals surface area contributed by atoms with E-state index in [2.05, 4.69) is 10.1 Å². The van der Waals surface area contributed by atoms with Gasteiger partial charge in [0.25, 0.3) is 5.91 Å². The maximum absolute atomic E-state index is 13.7. The zero-order chi connectivity index (χ0) is 23.4. The molecule has 9 heteroatoms. The Hall–Kier alpha value is -3.98. The summed E-state index contributed by atoms with van der Waals surface area (Å²) in [5, 5.41) is 5.88. The number of anilines is 1. The van der Waals surface area contributed by atoms with Crippen LogP contribution in [0.1, 0.15) is 15.9 Å². The molecule has 0 spiro atoms. The maximum atomic E-state index is 13.7. The van der Waals surface area contributed by atoms with Crippen LogP contribution >= 0.6 is 11.3 Å². The summed E-state index contributed by atoms with van der Waals surface area (Å²) in [5.74, 6) is 0.178. The van der Waals surface area contributed by atoms with Crippen LogP contribution in [0.4, 0.5) is 9.52 Å². The molecule has 0 atom stereocenters. The number of hydrogen-bond donors (Lipinski definition) is 0. The van der Waals surface area contributed by atoms with Gasteiger partial charge >= 0.3 is 0 Å². The number of hydrogen-bond acceptors (Lipinski definition) is 7. The number of methoxy groups -OCH3 is 3. The van der Waals surface area contributed by atoms with Crippen molar-refractivity contribution in [2.24, 2.45) is 5.10 Å². The molecule has 4 aromatic rings. The fraction of sp³-hybridized carbons (Fsp3) is 0.125. The summed E-state index contributed by atoms with van der Waals surface area (Å²) in [5.41, 5.74) is 1.61. The van der Waals surface area contributed by atoms with Crippen molar-refractivity contribution < 1.29 is 23.4 Å². The molecule has 0 unspecified atom stereocenters. The first-order valence-electron chi connectivity index (χ1n) is 9.83. The average molecular weight is 466 g/mol. The highest BCUT2D eigenvalue weighted by molar-refractivity contribution is 7.22. The van der Waals surface area contributed by atoms with Gasteiger partial charge in [-0.3, -0.25) is 4.79 Å². The van der Waals surface area contributed by atoms with Gasteiger partial charge in [-0.15, -0.1) is 0 Å². The van der Waals surface area contributed by atoms with Gasteiger partial charge in [0.15, 0.2) is 11.5 Å². The normalized spacial score (nSPS) is 11.0. The lowest BCUT2D eigenvalue weighted by atomic mass is 10.1. The van der Waals surface area contributed by atoms with Gasteiger partial charge in [0.1, 0.15) is 5.82 Å². The molecule has 4 rings (SSSR count). The van der Waals surface area contributed by atoms with Crippen molar-refractivity contribution in [1.82, 2.24) is 4.98 Å². The Bertz CT molecular complexity index is 1300. The third kappa shape index (κ3) is 4.63. The summed E-state index contributed by atoms with van der Waals surface area (Å²) in [6, 6.07) is 16.7. The number of halogens is 1. The van der Waals surface area contributed by atoms with E-state index in [1.165, 1.54) is 38.5 Å².